The minimum atomic E-state index is 0.199. The highest BCUT2D eigenvalue weighted by Gasteiger charge is 2.32. The molecule has 1 saturated heterocycles. The average molecular weight is 255 g/mol. The molecule has 0 radical (unpaired) electrons. The van der Waals surface area contributed by atoms with E-state index in [-0.39, 0.29) is 6.10 Å². The Labute approximate surface area is 114 Å². The lowest BCUT2D eigenvalue weighted by atomic mass is 9.83. The van der Waals surface area contributed by atoms with E-state index in [0.29, 0.717) is 0 Å². The molecule has 0 aromatic heterocycles. The van der Waals surface area contributed by atoms with E-state index in [9.17, 15) is 0 Å². The molecule has 4 rings (SSSR count). The summed E-state index contributed by atoms with van der Waals surface area (Å²) in [7, 11) is 0. The summed E-state index contributed by atoms with van der Waals surface area (Å²) in [4.78, 5) is 0. The molecular weight excluding hydrogens is 234 g/mol. The largest absolute Gasteiger partial charge is 0.482 e. The van der Waals surface area contributed by atoms with Crippen molar-refractivity contribution in [2.45, 2.75) is 38.2 Å². The highest BCUT2D eigenvalue weighted by Crippen LogP contribution is 2.41. The summed E-state index contributed by atoms with van der Waals surface area (Å²) in [5, 5.41) is 3.45. The van der Waals surface area contributed by atoms with E-state index in [4.69, 9.17) is 4.74 Å². The van der Waals surface area contributed by atoms with E-state index in [1.165, 1.54) is 54.6 Å². The van der Waals surface area contributed by atoms with Crippen molar-refractivity contribution < 1.29 is 4.74 Å². The Morgan fingerprint density at radius 3 is 3.00 bits per heavy atom. The summed E-state index contributed by atoms with van der Waals surface area (Å²) in [5.41, 5.74) is 4.45. The maximum absolute atomic E-state index is 6.05. The van der Waals surface area contributed by atoms with Gasteiger partial charge in [-0.3, -0.25) is 0 Å². The first-order chi connectivity index (χ1) is 9.42. The molecule has 1 fully saturated rings. The lowest BCUT2D eigenvalue weighted by Gasteiger charge is -2.26. The van der Waals surface area contributed by atoms with Gasteiger partial charge in [0.2, 0.25) is 0 Å². The molecule has 0 amide bonds. The summed E-state index contributed by atoms with van der Waals surface area (Å²) in [5.74, 6) is 1.90. The van der Waals surface area contributed by atoms with Crippen LogP contribution in [0.25, 0.3) is 0 Å². The predicted molar refractivity (Wildman–Crippen MR) is 76.6 cm³/mol. The van der Waals surface area contributed by atoms with Crippen LogP contribution in [0.5, 0.6) is 0 Å². The maximum Gasteiger partial charge on any atom is 0.143 e. The first-order valence-corrected chi connectivity index (χ1v) is 7.62. The fraction of sp³-hybridized carbons (Fsp3) is 0.529. The number of hydrogen-bond donors (Lipinski definition) is 1. The number of fused-ring (bicyclic) bond motifs is 2. The van der Waals surface area contributed by atoms with Gasteiger partial charge >= 0.3 is 0 Å². The first kappa shape index (κ1) is 11.5. The molecule has 0 saturated carbocycles. The zero-order chi connectivity index (χ0) is 12.7. The molecule has 0 aromatic rings. The number of nitrogens with one attached hydrogen (secondary N) is 1. The quantitative estimate of drug-likeness (QED) is 0.776. The third-order valence-electron chi connectivity index (χ3n) is 4.76. The van der Waals surface area contributed by atoms with E-state index in [1.54, 1.807) is 0 Å². The SMILES string of the molecule is C1=CC2OC3=CCCCC3=C2C=C1C1CCNCC1. The van der Waals surface area contributed by atoms with Crippen LogP contribution in [0.2, 0.25) is 0 Å². The monoisotopic (exact) mass is 255 g/mol. The number of ether oxygens (including phenoxy) is 1. The smallest absolute Gasteiger partial charge is 0.143 e. The van der Waals surface area contributed by atoms with Crippen LogP contribution in [0, 0.1) is 5.92 Å². The summed E-state index contributed by atoms with van der Waals surface area (Å²) in [6, 6.07) is 0. The molecule has 19 heavy (non-hydrogen) atoms. The van der Waals surface area contributed by atoms with Gasteiger partial charge in [0.15, 0.2) is 0 Å². The second kappa shape index (κ2) is 4.68. The van der Waals surface area contributed by atoms with Crippen molar-refractivity contribution in [1.82, 2.24) is 5.32 Å². The number of allylic oxidation sites excluding steroid dienone is 4. The zero-order valence-corrected chi connectivity index (χ0v) is 11.3. The van der Waals surface area contributed by atoms with Crippen molar-refractivity contribution >= 4 is 0 Å². The Hall–Kier alpha value is -1.28. The van der Waals surface area contributed by atoms with Crippen LogP contribution in [-0.2, 0) is 4.74 Å². The molecule has 0 aromatic carbocycles. The third-order valence-corrected chi connectivity index (χ3v) is 4.76. The van der Waals surface area contributed by atoms with Crippen LogP contribution in [-0.4, -0.2) is 19.2 Å². The average Bonchev–Trinajstić information content (AvgIpc) is 2.86. The highest BCUT2D eigenvalue weighted by molar-refractivity contribution is 5.52. The van der Waals surface area contributed by atoms with Gasteiger partial charge in [0.05, 0.1) is 0 Å². The van der Waals surface area contributed by atoms with Gasteiger partial charge in [0.1, 0.15) is 11.9 Å². The normalized spacial score (nSPS) is 30.4. The van der Waals surface area contributed by atoms with Gasteiger partial charge in [-0.1, -0.05) is 12.2 Å². The van der Waals surface area contributed by atoms with Crippen LogP contribution in [0.15, 0.2) is 46.8 Å². The molecule has 2 heteroatoms. The predicted octanol–water partition coefficient (Wildman–Crippen LogP) is 3.25. The number of hydrogen-bond acceptors (Lipinski definition) is 2. The maximum atomic E-state index is 6.05. The molecule has 1 atom stereocenters. The summed E-state index contributed by atoms with van der Waals surface area (Å²) < 4.78 is 6.05. The molecule has 0 spiro atoms. The van der Waals surface area contributed by atoms with Crippen molar-refractivity contribution in [3.05, 3.63) is 46.8 Å². The van der Waals surface area contributed by atoms with Gasteiger partial charge in [-0.05, 0) is 68.8 Å². The van der Waals surface area contributed by atoms with Gasteiger partial charge in [0, 0.05) is 11.1 Å². The Balaban J connectivity index is 1.67. The van der Waals surface area contributed by atoms with Crippen LogP contribution < -0.4 is 5.32 Å². The van der Waals surface area contributed by atoms with E-state index in [2.05, 4.69) is 29.6 Å². The second-order valence-corrected chi connectivity index (χ2v) is 5.96. The van der Waals surface area contributed by atoms with Crippen molar-refractivity contribution in [1.29, 1.82) is 0 Å². The Bertz CT molecular complexity index is 503. The lowest BCUT2D eigenvalue weighted by Crippen LogP contribution is -2.29. The highest BCUT2D eigenvalue weighted by atomic mass is 16.5. The van der Waals surface area contributed by atoms with Crippen LogP contribution in [0.4, 0.5) is 0 Å². The fourth-order valence-corrected chi connectivity index (χ4v) is 3.68. The van der Waals surface area contributed by atoms with E-state index in [0.717, 1.165) is 19.0 Å². The fourth-order valence-electron chi connectivity index (χ4n) is 3.68. The molecular formula is C17H21NO. The molecule has 1 unspecified atom stereocenters. The topological polar surface area (TPSA) is 21.3 Å². The third kappa shape index (κ3) is 1.99. The first-order valence-electron chi connectivity index (χ1n) is 7.62. The molecule has 1 N–H and O–H groups in total. The van der Waals surface area contributed by atoms with Crippen molar-refractivity contribution in [2.24, 2.45) is 5.92 Å². The molecule has 2 heterocycles. The Kier molecular flexibility index (Phi) is 2.84. The van der Waals surface area contributed by atoms with Crippen LogP contribution >= 0.6 is 0 Å². The number of rotatable bonds is 1. The molecule has 2 aliphatic heterocycles. The summed E-state index contributed by atoms with van der Waals surface area (Å²) >= 11 is 0. The molecule has 4 aliphatic rings. The van der Waals surface area contributed by atoms with Crippen molar-refractivity contribution in [3.8, 4) is 0 Å². The van der Waals surface area contributed by atoms with E-state index in [1.807, 2.05) is 0 Å². The van der Waals surface area contributed by atoms with Crippen molar-refractivity contribution in [3.63, 3.8) is 0 Å². The van der Waals surface area contributed by atoms with Crippen LogP contribution in [0.3, 0.4) is 0 Å². The molecule has 0 bridgehead atoms. The summed E-state index contributed by atoms with van der Waals surface area (Å²) in [6.07, 6.45) is 15.7. The second-order valence-electron chi connectivity index (χ2n) is 5.96. The summed E-state index contributed by atoms with van der Waals surface area (Å²) in [6.45, 7) is 2.32. The Morgan fingerprint density at radius 2 is 2.11 bits per heavy atom. The minimum absolute atomic E-state index is 0.199. The number of piperidine rings is 1. The molecule has 2 nitrogen and oxygen atoms in total. The van der Waals surface area contributed by atoms with E-state index < -0.39 is 0 Å². The minimum Gasteiger partial charge on any atom is -0.482 e. The van der Waals surface area contributed by atoms with Crippen molar-refractivity contribution in [2.75, 3.05) is 13.1 Å². The zero-order valence-electron chi connectivity index (χ0n) is 11.3. The molecule has 100 valence electrons. The van der Waals surface area contributed by atoms with Gasteiger partial charge in [-0.2, -0.15) is 0 Å². The van der Waals surface area contributed by atoms with E-state index >= 15 is 0 Å². The Morgan fingerprint density at radius 1 is 1.21 bits per heavy atom. The standard InChI is InChI=1S/C17H21NO/c1-2-4-16-14(3-1)15-11-13(5-6-17(15)19-16)12-7-9-18-10-8-12/h4-6,11-12,17-18H,1-3,7-10H2. The van der Waals surface area contributed by atoms with Gasteiger partial charge in [-0.15, -0.1) is 0 Å². The van der Waals surface area contributed by atoms with Gasteiger partial charge in [-0.25, -0.2) is 0 Å². The molecule has 2 aliphatic carbocycles. The van der Waals surface area contributed by atoms with Gasteiger partial charge < -0.3 is 10.1 Å². The van der Waals surface area contributed by atoms with Gasteiger partial charge in [0.25, 0.3) is 0 Å². The lowest BCUT2D eigenvalue weighted by molar-refractivity contribution is 0.209. The van der Waals surface area contributed by atoms with Crippen LogP contribution in [0.1, 0.15) is 32.1 Å².